The summed E-state index contributed by atoms with van der Waals surface area (Å²) >= 11 is 6.09. The van der Waals surface area contributed by atoms with Crippen LogP contribution in [0.4, 0.5) is 18.9 Å². The first-order valence-corrected chi connectivity index (χ1v) is 6.83. The second-order valence-electron chi connectivity index (χ2n) is 5.23. The molecular formula is C14H17ClF3N. The van der Waals surface area contributed by atoms with Crippen molar-refractivity contribution in [3.63, 3.8) is 0 Å². The van der Waals surface area contributed by atoms with Gasteiger partial charge in [-0.15, -0.1) is 0 Å². The van der Waals surface area contributed by atoms with Crippen molar-refractivity contribution in [3.05, 3.63) is 28.8 Å². The lowest BCUT2D eigenvalue weighted by Crippen LogP contribution is -2.34. The Balaban J connectivity index is 2.03. The smallest absolute Gasteiger partial charge is 0.381 e. The van der Waals surface area contributed by atoms with Crippen LogP contribution in [0.1, 0.15) is 31.2 Å². The minimum absolute atomic E-state index is 0.133. The number of hydrogen-bond acceptors (Lipinski definition) is 1. The molecule has 0 bridgehead atoms. The van der Waals surface area contributed by atoms with E-state index in [1.54, 1.807) is 0 Å². The first-order chi connectivity index (χ1) is 8.86. The summed E-state index contributed by atoms with van der Waals surface area (Å²) in [6.07, 6.45) is -2.35. The molecular weight excluding hydrogens is 275 g/mol. The normalized spacial score (nSPS) is 24.3. The van der Waals surface area contributed by atoms with Gasteiger partial charge in [-0.2, -0.15) is 13.2 Å². The minimum Gasteiger partial charge on any atom is -0.381 e. The van der Waals surface area contributed by atoms with Crippen LogP contribution in [0.5, 0.6) is 0 Å². The molecule has 1 aliphatic rings. The van der Waals surface area contributed by atoms with Crippen LogP contribution in [0.2, 0.25) is 5.02 Å². The zero-order valence-electron chi connectivity index (χ0n) is 10.7. The molecule has 2 unspecified atom stereocenters. The molecule has 1 fully saturated rings. The summed E-state index contributed by atoms with van der Waals surface area (Å²) < 4.78 is 38.2. The van der Waals surface area contributed by atoms with Crippen molar-refractivity contribution in [2.45, 2.75) is 44.8 Å². The maximum Gasteiger partial charge on any atom is 0.391 e. The van der Waals surface area contributed by atoms with Crippen LogP contribution in [0, 0.1) is 12.8 Å². The third-order valence-corrected chi connectivity index (χ3v) is 3.93. The van der Waals surface area contributed by atoms with E-state index in [1.807, 2.05) is 25.1 Å². The molecule has 1 saturated carbocycles. The van der Waals surface area contributed by atoms with Crippen molar-refractivity contribution < 1.29 is 13.2 Å². The standard InChI is InChI=1S/C14H17ClF3N/c1-9-5-6-13(12(15)7-9)19-11-4-2-3-10(8-11)14(16,17)18/h5-7,10-11,19H,2-4,8H2,1H3. The Labute approximate surface area is 116 Å². The van der Waals surface area contributed by atoms with Gasteiger partial charge in [0.2, 0.25) is 0 Å². The number of halogens is 4. The van der Waals surface area contributed by atoms with E-state index >= 15 is 0 Å². The number of nitrogens with one attached hydrogen (secondary N) is 1. The van der Waals surface area contributed by atoms with Crippen LogP contribution in [-0.4, -0.2) is 12.2 Å². The van der Waals surface area contributed by atoms with Crippen molar-refractivity contribution in [2.24, 2.45) is 5.92 Å². The van der Waals surface area contributed by atoms with E-state index in [-0.39, 0.29) is 18.9 Å². The topological polar surface area (TPSA) is 12.0 Å². The highest BCUT2D eigenvalue weighted by molar-refractivity contribution is 6.33. The van der Waals surface area contributed by atoms with Crippen molar-refractivity contribution in [2.75, 3.05) is 5.32 Å². The summed E-state index contributed by atoms with van der Waals surface area (Å²) in [6.45, 7) is 1.93. The first-order valence-electron chi connectivity index (χ1n) is 6.45. The zero-order chi connectivity index (χ0) is 14.0. The van der Waals surface area contributed by atoms with E-state index in [1.165, 1.54) is 0 Å². The summed E-state index contributed by atoms with van der Waals surface area (Å²) in [5.74, 6) is -1.19. The molecule has 1 aliphatic carbocycles. The molecule has 1 aromatic carbocycles. The van der Waals surface area contributed by atoms with E-state index in [9.17, 15) is 13.2 Å². The molecule has 2 atom stereocenters. The Bertz CT molecular complexity index is 445. The Hall–Kier alpha value is -0.900. The van der Waals surface area contributed by atoms with Crippen LogP contribution >= 0.6 is 11.6 Å². The zero-order valence-corrected chi connectivity index (χ0v) is 11.5. The molecule has 0 heterocycles. The number of benzene rings is 1. The number of alkyl halides is 3. The molecule has 2 rings (SSSR count). The Morgan fingerprint density at radius 2 is 2.00 bits per heavy atom. The van der Waals surface area contributed by atoms with Gasteiger partial charge in [0.05, 0.1) is 16.6 Å². The first kappa shape index (κ1) is 14.5. The second-order valence-corrected chi connectivity index (χ2v) is 5.64. The molecule has 19 heavy (non-hydrogen) atoms. The van der Waals surface area contributed by atoms with E-state index in [0.29, 0.717) is 11.4 Å². The van der Waals surface area contributed by atoms with Gasteiger partial charge in [-0.3, -0.25) is 0 Å². The molecule has 0 aromatic heterocycles. The molecule has 5 heteroatoms. The summed E-state index contributed by atoms with van der Waals surface area (Å²) in [5.41, 5.74) is 1.76. The number of hydrogen-bond donors (Lipinski definition) is 1. The van der Waals surface area contributed by atoms with Gasteiger partial charge in [0, 0.05) is 6.04 Å². The van der Waals surface area contributed by atoms with E-state index in [0.717, 1.165) is 17.7 Å². The fourth-order valence-corrected chi connectivity index (χ4v) is 2.86. The molecule has 1 N–H and O–H groups in total. The molecule has 0 amide bonds. The van der Waals surface area contributed by atoms with Gasteiger partial charge in [0.1, 0.15) is 0 Å². The largest absolute Gasteiger partial charge is 0.391 e. The summed E-state index contributed by atoms with van der Waals surface area (Å²) in [5, 5.41) is 3.71. The van der Waals surface area contributed by atoms with Gasteiger partial charge in [-0.25, -0.2) is 0 Å². The predicted molar refractivity (Wildman–Crippen MR) is 71.6 cm³/mol. The van der Waals surface area contributed by atoms with E-state index in [2.05, 4.69) is 5.32 Å². The lowest BCUT2D eigenvalue weighted by molar-refractivity contribution is -0.182. The Kier molecular flexibility index (Phi) is 4.29. The highest BCUT2D eigenvalue weighted by Crippen LogP contribution is 2.38. The molecule has 0 spiro atoms. The highest BCUT2D eigenvalue weighted by Gasteiger charge is 2.42. The van der Waals surface area contributed by atoms with Crippen molar-refractivity contribution >= 4 is 17.3 Å². The minimum atomic E-state index is -4.09. The fourth-order valence-electron chi connectivity index (χ4n) is 2.58. The number of rotatable bonds is 2. The van der Waals surface area contributed by atoms with Crippen LogP contribution in [-0.2, 0) is 0 Å². The third kappa shape index (κ3) is 3.78. The van der Waals surface area contributed by atoms with Gasteiger partial charge in [-0.05, 0) is 43.9 Å². The Morgan fingerprint density at radius 1 is 1.26 bits per heavy atom. The van der Waals surface area contributed by atoms with Crippen molar-refractivity contribution in [1.29, 1.82) is 0 Å². The second kappa shape index (κ2) is 5.61. The third-order valence-electron chi connectivity index (χ3n) is 3.62. The Morgan fingerprint density at radius 3 is 2.63 bits per heavy atom. The number of anilines is 1. The highest BCUT2D eigenvalue weighted by atomic mass is 35.5. The molecule has 1 nitrogen and oxygen atoms in total. The predicted octanol–water partition coefficient (Wildman–Crippen LogP) is 5.18. The van der Waals surface area contributed by atoms with Crippen LogP contribution in [0.15, 0.2) is 18.2 Å². The van der Waals surface area contributed by atoms with Gasteiger partial charge >= 0.3 is 6.18 Å². The van der Waals surface area contributed by atoms with E-state index < -0.39 is 12.1 Å². The maximum absolute atomic E-state index is 12.7. The monoisotopic (exact) mass is 291 g/mol. The summed E-state index contributed by atoms with van der Waals surface area (Å²) in [4.78, 5) is 0. The quantitative estimate of drug-likeness (QED) is 0.791. The lowest BCUT2D eigenvalue weighted by atomic mass is 9.85. The van der Waals surface area contributed by atoms with Crippen LogP contribution in [0.3, 0.4) is 0 Å². The summed E-state index contributed by atoms with van der Waals surface area (Å²) in [6, 6.07) is 5.39. The van der Waals surface area contributed by atoms with Crippen molar-refractivity contribution in [1.82, 2.24) is 0 Å². The van der Waals surface area contributed by atoms with Gasteiger partial charge in [0.25, 0.3) is 0 Å². The molecule has 1 aromatic rings. The van der Waals surface area contributed by atoms with Gasteiger partial charge in [-0.1, -0.05) is 24.1 Å². The van der Waals surface area contributed by atoms with Crippen LogP contribution in [0.25, 0.3) is 0 Å². The molecule has 0 saturated heterocycles. The van der Waals surface area contributed by atoms with Gasteiger partial charge < -0.3 is 5.32 Å². The molecule has 0 radical (unpaired) electrons. The number of aryl methyl sites for hydroxylation is 1. The van der Waals surface area contributed by atoms with Crippen molar-refractivity contribution in [3.8, 4) is 0 Å². The maximum atomic E-state index is 12.7. The lowest BCUT2D eigenvalue weighted by Gasteiger charge is -2.31. The fraction of sp³-hybridized carbons (Fsp3) is 0.571. The SMILES string of the molecule is Cc1ccc(NC2CCCC(C(F)(F)F)C2)c(Cl)c1. The van der Waals surface area contributed by atoms with E-state index in [4.69, 9.17) is 11.6 Å². The summed E-state index contributed by atoms with van der Waals surface area (Å²) in [7, 11) is 0. The van der Waals surface area contributed by atoms with Crippen LogP contribution < -0.4 is 5.32 Å². The van der Waals surface area contributed by atoms with Gasteiger partial charge in [0.15, 0.2) is 0 Å². The average molecular weight is 292 g/mol. The molecule has 0 aliphatic heterocycles. The molecule has 106 valence electrons. The average Bonchev–Trinajstić information content (AvgIpc) is 2.32.